The average Bonchev–Trinajstić information content (AvgIpc) is 2.38. The molecule has 0 atom stereocenters. The first-order chi connectivity index (χ1) is 8.77. The van der Waals surface area contributed by atoms with Gasteiger partial charge in [-0.25, -0.2) is 4.68 Å². The van der Waals surface area contributed by atoms with Crippen LogP contribution in [0.5, 0.6) is 0 Å². The molecule has 0 spiro atoms. The van der Waals surface area contributed by atoms with Crippen LogP contribution in [0.4, 0.5) is 0 Å². The Kier molecular flexibility index (Phi) is 3.63. The fraction of sp³-hybridized carbons (Fsp3) is 0.133. The molecule has 0 N–H and O–H groups in total. The van der Waals surface area contributed by atoms with E-state index >= 15 is 0 Å². The molecule has 0 saturated heterocycles. The Balaban J connectivity index is 2.66. The van der Waals surface area contributed by atoms with E-state index in [1.54, 1.807) is 22.9 Å². The number of para-hydroxylation sites is 1. The van der Waals surface area contributed by atoms with Crippen LogP contribution in [0.3, 0.4) is 0 Å². The predicted octanol–water partition coefficient (Wildman–Crippen LogP) is 2.31. The summed E-state index contributed by atoms with van der Waals surface area (Å²) in [6.07, 6.45) is 3.55. The molecule has 0 amide bonds. The molecular weight excluding hydrogens is 224 g/mol. The largest absolute Gasteiger partial charge is 0.302 e. The maximum Gasteiger partial charge on any atom is 0.269 e. The molecule has 18 heavy (non-hydrogen) atoms. The molecule has 3 nitrogen and oxygen atoms in total. The van der Waals surface area contributed by atoms with Crippen LogP contribution < -0.4 is 10.6 Å². The summed E-state index contributed by atoms with van der Waals surface area (Å²) in [7, 11) is 0. The van der Waals surface area contributed by atoms with Gasteiger partial charge in [0.05, 0.1) is 18.6 Å². The summed E-state index contributed by atoms with van der Waals surface area (Å²) in [5.41, 5.74) is 0.853. The lowest BCUT2D eigenvalue weighted by Crippen LogP contribution is -2.42. The van der Waals surface area contributed by atoms with Crippen molar-refractivity contribution >= 4 is 10.9 Å². The predicted molar refractivity (Wildman–Crippen MR) is 76.6 cm³/mol. The second-order valence-corrected chi connectivity index (χ2v) is 3.99. The number of aromatic nitrogens is 1. The Labute approximate surface area is 106 Å². The fourth-order valence-corrected chi connectivity index (χ4v) is 2.00. The Morgan fingerprint density at radius 1 is 1.06 bits per heavy atom. The summed E-state index contributed by atoms with van der Waals surface area (Å²) >= 11 is 0. The van der Waals surface area contributed by atoms with Crippen LogP contribution in [0.25, 0.3) is 10.9 Å². The van der Waals surface area contributed by atoms with Gasteiger partial charge in [-0.2, -0.15) is 0 Å². The normalized spacial score (nSPS) is 10.2. The highest BCUT2D eigenvalue weighted by atomic mass is 16.1. The molecule has 0 saturated carbocycles. The molecular formula is C15H16N2O. The van der Waals surface area contributed by atoms with Crippen LogP contribution in [0.2, 0.25) is 0 Å². The Hall–Kier alpha value is -2.29. The van der Waals surface area contributed by atoms with E-state index in [4.69, 9.17) is 0 Å². The van der Waals surface area contributed by atoms with E-state index in [-0.39, 0.29) is 5.56 Å². The Bertz CT molecular complexity index is 618. The minimum atomic E-state index is -0.0441. The second kappa shape index (κ2) is 5.36. The summed E-state index contributed by atoms with van der Waals surface area (Å²) < 4.78 is 1.68. The maximum atomic E-state index is 12.1. The van der Waals surface area contributed by atoms with Crippen molar-refractivity contribution in [3.63, 3.8) is 0 Å². The minimum absolute atomic E-state index is 0.0441. The highest BCUT2D eigenvalue weighted by Crippen LogP contribution is 2.11. The van der Waals surface area contributed by atoms with Gasteiger partial charge in [0.1, 0.15) is 0 Å². The molecule has 0 unspecified atom stereocenters. The first kappa shape index (κ1) is 12.2. The molecule has 1 aromatic heterocycles. The highest BCUT2D eigenvalue weighted by molar-refractivity contribution is 5.79. The van der Waals surface area contributed by atoms with Gasteiger partial charge in [-0.15, -0.1) is 13.2 Å². The zero-order valence-electron chi connectivity index (χ0n) is 10.2. The van der Waals surface area contributed by atoms with Crippen molar-refractivity contribution in [3.8, 4) is 0 Å². The third kappa shape index (κ3) is 2.20. The zero-order valence-corrected chi connectivity index (χ0v) is 10.2. The lowest BCUT2D eigenvalue weighted by Gasteiger charge is -2.25. The topological polar surface area (TPSA) is 25.2 Å². The summed E-state index contributed by atoms with van der Waals surface area (Å²) in [5, 5.41) is 2.94. The monoisotopic (exact) mass is 240 g/mol. The second-order valence-electron chi connectivity index (χ2n) is 3.99. The smallest absolute Gasteiger partial charge is 0.269 e. The van der Waals surface area contributed by atoms with E-state index in [1.165, 1.54) is 0 Å². The van der Waals surface area contributed by atoms with Crippen LogP contribution in [-0.4, -0.2) is 17.8 Å². The van der Waals surface area contributed by atoms with Crippen molar-refractivity contribution in [1.82, 2.24) is 4.68 Å². The molecule has 3 heteroatoms. The minimum Gasteiger partial charge on any atom is -0.302 e. The van der Waals surface area contributed by atoms with Gasteiger partial charge >= 0.3 is 0 Å². The maximum absolute atomic E-state index is 12.1. The van der Waals surface area contributed by atoms with Gasteiger partial charge in [0.2, 0.25) is 0 Å². The Morgan fingerprint density at radius 2 is 1.72 bits per heavy atom. The Morgan fingerprint density at radius 3 is 2.39 bits per heavy atom. The molecule has 0 radical (unpaired) electrons. The van der Waals surface area contributed by atoms with Crippen LogP contribution >= 0.6 is 0 Å². The van der Waals surface area contributed by atoms with E-state index in [1.807, 2.05) is 35.3 Å². The first-order valence-electron chi connectivity index (χ1n) is 5.85. The zero-order chi connectivity index (χ0) is 13.0. The average molecular weight is 240 g/mol. The molecule has 1 heterocycles. The van der Waals surface area contributed by atoms with E-state index < -0.39 is 0 Å². The van der Waals surface area contributed by atoms with Gasteiger partial charge in [0.25, 0.3) is 5.56 Å². The van der Waals surface area contributed by atoms with E-state index in [9.17, 15) is 4.79 Å². The summed E-state index contributed by atoms with van der Waals surface area (Å²) in [6, 6.07) is 11.2. The number of hydrogen-bond acceptors (Lipinski definition) is 2. The van der Waals surface area contributed by atoms with Gasteiger partial charge in [-0.3, -0.25) is 4.79 Å². The van der Waals surface area contributed by atoms with Gasteiger partial charge in [-0.1, -0.05) is 30.4 Å². The van der Waals surface area contributed by atoms with Gasteiger partial charge in [0, 0.05) is 11.5 Å². The van der Waals surface area contributed by atoms with E-state index in [0.717, 1.165) is 10.9 Å². The van der Waals surface area contributed by atoms with Gasteiger partial charge in [0.15, 0.2) is 0 Å². The number of rotatable bonds is 5. The van der Waals surface area contributed by atoms with Crippen molar-refractivity contribution in [2.75, 3.05) is 18.1 Å². The van der Waals surface area contributed by atoms with Crippen molar-refractivity contribution in [1.29, 1.82) is 0 Å². The lowest BCUT2D eigenvalue weighted by atomic mass is 10.2. The first-order valence-corrected chi connectivity index (χ1v) is 5.85. The molecule has 0 aliphatic heterocycles. The number of pyridine rings is 1. The van der Waals surface area contributed by atoms with E-state index in [2.05, 4.69) is 13.2 Å². The summed E-state index contributed by atoms with van der Waals surface area (Å²) in [4.78, 5) is 12.1. The quantitative estimate of drug-likeness (QED) is 0.749. The van der Waals surface area contributed by atoms with Crippen LogP contribution in [-0.2, 0) is 0 Å². The summed E-state index contributed by atoms with van der Waals surface area (Å²) in [5.74, 6) is 0. The van der Waals surface area contributed by atoms with Crippen LogP contribution in [0, 0.1) is 0 Å². The van der Waals surface area contributed by atoms with Crippen LogP contribution in [0.1, 0.15) is 0 Å². The molecule has 0 fully saturated rings. The van der Waals surface area contributed by atoms with E-state index in [0.29, 0.717) is 13.1 Å². The SMILES string of the molecule is C=CCN(CC=C)n1c(=O)ccc2ccccc21. The molecule has 2 rings (SSSR count). The lowest BCUT2D eigenvalue weighted by molar-refractivity contribution is 0.658. The van der Waals surface area contributed by atoms with Gasteiger partial charge < -0.3 is 5.01 Å². The van der Waals surface area contributed by atoms with Crippen molar-refractivity contribution in [2.45, 2.75) is 0 Å². The molecule has 1 aromatic carbocycles. The van der Waals surface area contributed by atoms with Gasteiger partial charge in [-0.05, 0) is 12.1 Å². The van der Waals surface area contributed by atoms with Crippen molar-refractivity contribution < 1.29 is 0 Å². The third-order valence-corrected chi connectivity index (χ3v) is 2.74. The summed E-state index contributed by atoms with van der Waals surface area (Å²) in [6.45, 7) is 8.65. The molecule has 0 aliphatic rings. The molecule has 92 valence electrons. The number of benzene rings is 1. The van der Waals surface area contributed by atoms with Crippen molar-refractivity contribution in [3.05, 3.63) is 72.1 Å². The van der Waals surface area contributed by atoms with Crippen molar-refractivity contribution in [2.24, 2.45) is 0 Å². The molecule has 0 bridgehead atoms. The molecule has 0 aliphatic carbocycles. The standard InChI is InChI=1S/C15H16N2O/c1-3-11-16(12-4-2)17-14-8-6-5-7-13(14)9-10-15(17)18/h3-10H,1-2,11-12H2. The third-order valence-electron chi connectivity index (χ3n) is 2.74. The number of hydrogen-bond donors (Lipinski definition) is 0. The fourth-order valence-electron chi connectivity index (χ4n) is 2.00. The van der Waals surface area contributed by atoms with Crippen LogP contribution in [0.15, 0.2) is 66.5 Å². The number of fused-ring (bicyclic) bond motifs is 1. The highest BCUT2D eigenvalue weighted by Gasteiger charge is 2.08. The molecule has 2 aromatic rings. The number of nitrogens with zero attached hydrogens (tertiary/aromatic N) is 2.